The minimum Gasteiger partial charge on any atom is -0.319 e. The zero-order valence-electron chi connectivity index (χ0n) is 8.28. The van der Waals surface area contributed by atoms with E-state index in [1.54, 1.807) is 0 Å². The van der Waals surface area contributed by atoms with Gasteiger partial charge in [0, 0.05) is 12.3 Å². The van der Waals surface area contributed by atoms with Crippen molar-refractivity contribution in [1.82, 2.24) is 5.32 Å². The molecule has 0 spiro atoms. The summed E-state index contributed by atoms with van der Waals surface area (Å²) in [6.07, 6.45) is 3.99. The number of alkyl halides is 3. The molecule has 1 N–H and O–H groups in total. The van der Waals surface area contributed by atoms with E-state index in [1.165, 1.54) is 6.42 Å². The number of hydrogen-bond donors (Lipinski definition) is 1. The predicted octanol–water partition coefficient (Wildman–Crippen LogP) is 3.02. The topological polar surface area (TPSA) is 12.0 Å². The van der Waals surface area contributed by atoms with E-state index in [0.717, 1.165) is 19.4 Å². The third kappa shape index (κ3) is 3.69. The molecule has 0 atom stereocenters. The van der Waals surface area contributed by atoms with Gasteiger partial charge < -0.3 is 5.32 Å². The van der Waals surface area contributed by atoms with Crippen molar-refractivity contribution in [2.45, 2.75) is 31.2 Å². The molecule has 5 heteroatoms. The van der Waals surface area contributed by atoms with Crippen molar-refractivity contribution in [2.24, 2.45) is 5.41 Å². The Labute approximate surface area is 86.8 Å². The van der Waals surface area contributed by atoms with Crippen molar-refractivity contribution in [3.8, 4) is 0 Å². The quantitative estimate of drug-likeness (QED) is 0.774. The van der Waals surface area contributed by atoms with Crippen LogP contribution in [0.5, 0.6) is 0 Å². The lowest BCUT2D eigenvalue weighted by Gasteiger charge is -2.42. The second-order valence-corrected chi connectivity index (χ2v) is 5.09. The van der Waals surface area contributed by atoms with Gasteiger partial charge in [0.25, 0.3) is 0 Å². The third-order valence-corrected chi connectivity index (χ3v) is 3.60. The van der Waals surface area contributed by atoms with E-state index in [4.69, 9.17) is 0 Å². The van der Waals surface area contributed by atoms with Crippen LogP contribution in [0, 0.1) is 5.41 Å². The Morgan fingerprint density at radius 3 is 2.36 bits per heavy atom. The molecule has 0 heterocycles. The van der Waals surface area contributed by atoms with Crippen molar-refractivity contribution in [3.05, 3.63) is 0 Å². The molecule has 14 heavy (non-hydrogen) atoms. The van der Waals surface area contributed by atoms with Gasteiger partial charge in [-0.3, -0.25) is 0 Å². The lowest BCUT2D eigenvalue weighted by Crippen LogP contribution is -2.39. The van der Waals surface area contributed by atoms with Gasteiger partial charge in [0.1, 0.15) is 0 Å². The molecule has 0 unspecified atom stereocenters. The zero-order chi connectivity index (χ0) is 10.7. The molecule has 1 saturated carbocycles. The molecule has 0 radical (unpaired) electrons. The van der Waals surface area contributed by atoms with Crippen LogP contribution in [-0.2, 0) is 0 Å². The maximum Gasteiger partial charge on any atom is 0.441 e. The first-order chi connectivity index (χ1) is 6.47. The molecule has 0 amide bonds. The summed E-state index contributed by atoms with van der Waals surface area (Å²) in [4.78, 5) is 0. The molecule has 0 aromatic rings. The van der Waals surface area contributed by atoms with Gasteiger partial charge >= 0.3 is 5.51 Å². The van der Waals surface area contributed by atoms with Crippen LogP contribution < -0.4 is 5.32 Å². The van der Waals surface area contributed by atoms with Gasteiger partial charge in [-0.05, 0) is 31.7 Å². The summed E-state index contributed by atoms with van der Waals surface area (Å²) in [5.74, 6) is 0.200. The Kier molecular flexibility index (Phi) is 4.13. The molecule has 0 saturated heterocycles. The number of halogens is 3. The molecule has 1 fully saturated rings. The second kappa shape index (κ2) is 4.75. The molecule has 1 rings (SSSR count). The molecule has 0 aromatic heterocycles. The van der Waals surface area contributed by atoms with E-state index in [9.17, 15) is 13.2 Å². The van der Waals surface area contributed by atoms with Crippen molar-refractivity contribution < 1.29 is 13.2 Å². The molecule has 0 aromatic carbocycles. The van der Waals surface area contributed by atoms with Gasteiger partial charge in [-0.15, -0.1) is 0 Å². The van der Waals surface area contributed by atoms with Crippen LogP contribution in [0.4, 0.5) is 13.2 Å². The molecule has 1 nitrogen and oxygen atoms in total. The van der Waals surface area contributed by atoms with E-state index < -0.39 is 5.51 Å². The van der Waals surface area contributed by atoms with E-state index in [-0.39, 0.29) is 22.9 Å². The van der Waals surface area contributed by atoms with Crippen molar-refractivity contribution >= 4 is 11.8 Å². The summed E-state index contributed by atoms with van der Waals surface area (Å²) >= 11 is 0.108. The van der Waals surface area contributed by atoms with E-state index in [0.29, 0.717) is 6.42 Å². The highest BCUT2D eigenvalue weighted by molar-refractivity contribution is 8.00. The first-order valence-corrected chi connectivity index (χ1v) is 5.81. The van der Waals surface area contributed by atoms with Gasteiger partial charge in [-0.25, -0.2) is 0 Å². The highest BCUT2D eigenvalue weighted by Gasteiger charge is 2.37. The standard InChI is InChI=1S/C9H16F3NS/c1-13-7-8(3-2-4-8)5-6-14-9(10,11)12/h13H,2-7H2,1H3. The maximum absolute atomic E-state index is 11.9. The van der Waals surface area contributed by atoms with Gasteiger partial charge in [0.15, 0.2) is 0 Å². The van der Waals surface area contributed by atoms with E-state index in [1.807, 2.05) is 7.05 Å². The fourth-order valence-electron chi connectivity index (χ4n) is 1.95. The Morgan fingerprint density at radius 1 is 1.36 bits per heavy atom. The average Bonchev–Trinajstić information content (AvgIpc) is 1.97. The molecular weight excluding hydrogens is 211 g/mol. The van der Waals surface area contributed by atoms with Crippen LogP contribution in [0.1, 0.15) is 25.7 Å². The monoisotopic (exact) mass is 227 g/mol. The normalized spacial score (nSPS) is 20.6. The lowest BCUT2D eigenvalue weighted by atomic mass is 9.67. The lowest BCUT2D eigenvalue weighted by molar-refractivity contribution is -0.0330. The molecule has 1 aliphatic carbocycles. The summed E-state index contributed by atoms with van der Waals surface area (Å²) in [6, 6.07) is 0. The average molecular weight is 227 g/mol. The fraction of sp³-hybridized carbons (Fsp3) is 1.00. The highest BCUT2D eigenvalue weighted by Crippen LogP contribution is 2.45. The van der Waals surface area contributed by atoms with Gasteiger partial charge in [-0.1, -0.05) is 18.2 Å². The number of rotatable bonds is 5. The van der Waals surface area contributed by atoms with Crippen molar-refractivity contribution in [3.63, 3.8) is 0 Å². The maximum atomic E-state index is 11.9. The second-order valence-electron chi connectivity index (χ2n) is 3.93. The number of hydrogen-bond acceptors (Lipinski definition) is 2. The number of thioether (sulfide) groups is 1. The van der Waals surface area contributed by atoms with Crippen LogP contribution in [0.15, 0.2) is 0 Å². The predicted molar refractivity (Wildman–Crippen MR) is 53.3 cm³/mol. The molecule has 1 aliphatic rings. The minimum atomic E-state index is -4.06. The van der Waals surface area contributed by atoms with Gasteiger partial charge in [0.05, 0.1) is 0 Å². The Hall–Kier alpha value is 0.100. The van der Waals surface area contributed by atoms with Crippen LogP contribution in [0.2, 0.25) is 0 Å². The first-order valence-electron chi connectivity index (χ1n) is 4.83. The van der Waals surface area contributed by atoms with Crippen molar-refractivity contribution in [1.29, 1.82) is 0 Å². The molecule has 0 aliphatic heterocycles. The molecule has 84 valence electrons. The fourth-order valence-corrected chi connectivity index (χ4v) is 2.72. The third-order valence-electron chi connectivity index (χ3n) is 2.86. The summed E-state index contributed by atoms with van der Waals surface area (Å²) in [7, 11) is 1.86. The van der Waals surface area contributed by atoms with Gasteiger partial charge in [-0.2, -0.15) is 13.2 Å². The van der Waals surface area contributed by atoms with Crippen molar-refractivity contribution in [2.75, 3.05) is 19.3 Å². The van der Waals surface area contributed by atoms with Crippen LogP contribution in [0.3, 0.4) is 0 Å². The Balaban J connectivity index is 2.21. The summed E-state index contributed by atoms with van der Waals surface area (Å²) < 4.78 is 35.7. The van der Waals surface area contributed by atoms with Crippen LogP contribution in [0.25, 0.3) is 0 Å². The summed E-state index contributed by atoms with van der Waals surface area (Å²) in [6.45, 7) is 0.853. The SMILES string of the molecule is CNCC1(CCSC(F)(F)F)CCC1. The van der Waals surface area contributed by atoms with Gasteiger partial charge in [0.2, 0.25) is 0 Å². The summed E-state index contributed by atoms with van der Waals surface area (Å²) in [5.41, 5.74) is -3.91. The highest BCUT2D eigenvalue weighted by atomic mass is 32.2. The molecular formula is C9H16F3NS. The number of nitrogens with one attached hydrogen (secondary N) is 1. The Morgan fingerprint density at radius 2 is 2.00 bits per heavy atom. The largest absolute Gasteiger partial charge is 0.441 e. The first kappa shape index (κ1) is 12.2. The zero-order valence-corrected chi connectivity index (χ0v) is 9.10. The van der Waals surface area contributed by atoms with E-state index in [2.05, 4.69) is 5.32 Å². The Bertz CT molecular complexity index is 177. The van der Waals surface area contributed by atoms with Crippen LogP contribution in [-0.4, -0.2) is 24.9 Å². The molecule has 0 bridgehead atoms. The smallest absolute Gasteiger partial charge is 0.319 e. The summed E-state index contributed by atoms with van der Waals surface area (Å²) in [5, 5.41) is 3.07. The van der Waals surface area contributed by atoms with E-state index >= 15 is 0 Å². The minimum absolute atomic E-state index is 0.108. The van der Waals surface area contributed by atoms with Crippen LogP contribution >= 0.6 is 11.8 Å².